The third kappa shape index (κ3) is 5.23. The second-order valence-electron chi connectivity index (χ2n) is 10.1. The maximum Gasteiger partial charge on any atom is 0.275 e. The molecule has 198 valence electrons. The molecule has 2 aromatic heterocycles. The van der Waals surface area contributed by atoms with Gasteiger partial charge in [-0.15, -0.1) is 11.3 Å². The molecule has 0 radical (unpaired) electrons. The number of fused-ring (bicyclic) bond motifs is 1. The molecular formula is C29H35N7OS. The normalized spacial score (nSPS) is 16.7. The number of aromatic amines is 1. The highest BCUT2D eigenvalue weighted by Crippen LogP contribution is 2.36. The molecule has 0 saturated carbocycles. The summed E-state index contributed by atoms with van der Waals surface area (Å²) in [7, 11) is 0. The van der Waals surface area contributed by atoms with E-state index in [2.05, 4.69) is 63.9 Å². The van der Waals surface area contributed by atoms with E-state index in [1.54, 1.807) is 6.08 Å². The zero-order valence-corrected chi connectivity index (χ0v) is 22.9. The van der Waals surface area contributed by atoms with Crippen LogP contribution in [-0.2, 0) is 6.54 Å². The van der Waals surface area contributed by atoms with Crippen LogP contribution < -0.4 is 16.6 Å². The molecule has 1 unspecified atom stereocenters. The number of thiazole rings is 1. The number of rotatable bonds is 8. The van der Waals surface area contributed by atoms with E-state index in [1.165, 1.54) is 11.3 Å². The van der Waals surface area contributed by atoms with Gasteiger partial charge in [-0.2, -0.15) is 0 Å². The monoisotopic (exact) mass is 529 g/mol. The number of hydrogen-bond acceptors (Lipinski definition) is 7. The number of aromatic nitrogens is 2. The average molecular weight is 530 g/mol. The van der Waals surface area contributed by atoms with Gasteiger partial charge >= 0.3 is 0 Å². The second kappa shape index (κ2) is 11.1. The number of nitrogen functional groups attached to an aromatic ring is 1. The molecule has 1 fully saturated rings. The Labute approximate surface area is 227 Å². The number of amides is 1. The SMILES string of the molecule is C=Cc1c(NN)cc(-c2cccc3[nH]ccc23)cc1NC(=O)c1csc(CN2CCN(C(C)C)C(C)C2)n1. The number of benzene rings is 2. The van der Waals surface area contributed by atoms with Gasteiger partial charge in [-0.05, 0) is 56.2 Å². The van der Waals surface area contributed by atoms with Crippen LogP contribution in [0.25, 0.3) is 28.1 Å². The number of anilines is 2. The highest BCUT2D eigenvalue weighted by atomic mass is 32.1. The first kappa shape index (κ1) is 26.1. The van der Waals surface area contributed by atoms with Crippen molar-refractivity contribution in [3.05, 3.63) is 70.8 Å². The van der Waals surface area contributed by atoms with Gasteiger partial charge < -0.3 is 15.7 Å². The third-order valence-electron chi connectivity index (χ3n) is 7.26. The Bertz CT molecular complexity index is 1460. The maximum atomic E-state index is 13.3. The minimum Gasteiger partial charge on any atom is -0.361 e. The van der Waals surface area contributed by atoms with Gasteiger partial charge in [-0.25, -0.2) is 4.98 Å². The van der Waals surface area contributed by atoms with Crippen LogP contribution in [0.5, 0.6) is 0 Å². The van der Waals surface area contributed by atoms with E-state index in [4.69, 9.17) is 5.84 Å². The fourth-order valence-corrected chi connectivity index (χ4v) is 6.23. The number of carbonyl (C=O) groups excluding carboxylic acids is 1. The van der Waals surface area contributed by atoms with E-state index in [0.717, 1.165) is 58.8 Å². The first-order valence-electron chi connectivity index (χ1n) is 13.0. The van der Waals surface area contributed by atoms with E-state index >= 15 is 0 Å². The van der Waals surface area contributed by atoms with Gasteiger partial charge in [-0.1, -0.05) is 24.8 Å². The van der Waals surface area contributed by atoms with Gasteiger partial charge in [0.1, 0.15) is 10.7 Å². The van der Waals surface area contributed by atoms with E-state index < -0.39 is 0 Å². The Morgan fingerprint density at radius 1 is 1.29 bits per heavy atom. The number of nitrogens with two attached hydrogens (primary N) is 1. The van der Waals surface area contributed by atoms with Crippen molar-refractivity contribution >= 4 is 45.6 Å². The Hall–Kier alpha value is -3.50. The molecule has 1 aliphatic rings. The molecule has 1 aliphatic heterocycles. The number of carbonyl (C=O) groups is 1. The number of nitrogens with one attached hydrogen (secondary N) is 3. The summed E-state index contributed by atoms with van der Waals surface area (Å²) in [5.74, 6) is 5.61. The Morgan fingerprint density at radius 2 is 2.11 bits per heavy atom. The molecule has 3 heterocycles. The van der Waals surface area contributed by atoms with E-state index in [0.29, 0.717) is 29.2 Å². The van der Waals surface area contributed by atoms with E-state index in [-0.39, 0.29) is 5.91 Å². The van der Waals surface area contributed by atoms with Crippen molar-refractivity contribution in [1.29, 1.82) is 0 Å². The molecule has 9 heteroatoms. The lowest BCUT2D eigenvalue weighted by atomic mass is 9.97. The van der Waals surface area contributed by atoms with Crippen molar-refractivity contribution in [2.75, 3.05) is 30.4 Å². The Kier molecular flexibility index (Phi) is 7.62. The van der Waals surface area contributed by atoms with Crippen molar-refractivity contribution in [2.45, 2.75) is 39.4 Å². The topological polar surface area (TPSA) is 102 Å². The van der Waals surface area contributed by atoms with Crippen molar-refractivity contribution in [3.8, 4) is 11.1 Å². The van der Waals surface area contributed by atoms with Crippen LogP contribution in [0, 0.1) is 0 Å². The van der Waals surface area contributed by atoms with Crippen LogP contribution in [0.4, 0.5) is 11.4 Å². The molecule has 5 N–H and O–H groups in total. The van der Waals surface area contributed by atoms with Gasteiger partial charge in [-0.3, -0.25) is 20.4 Å². The zero-order chi connectivity index (χ0) is 26.8. The number of hydrogen-bond donors (Lipinski definition) is 4. The molecule has 0 bridgehead atoms. The minimum atomic E-state index is -0.256. The fraction of sp³-hybridized carbons (Fsp3) is 0.310. The van der Waals surface area contributed by atoms with Crippen molar-refractivity contribution in [1.82, 2.24) is 19.8 Å². The maximum absolute atomic E-state index is 13.3. The lowest BCUT2D eigenvalue weighted by molar-refractivity contribution is 0.0564. The van der Waals surface area contributed by atoms with E-state index in [9.17, 15) is 4.79 Å². The molecular weight excluding hydrogens is 494 g/mol. The Balaban J connectivity index is 1.36. The summed E-state index contributed by atoms with van der Waals surface area (Å²) in [5.41, 5.74) is 8.20. The summed E-state index contributed by atoms with van der Waals surface area (Å²) in [6, 6.07) is 13.1. The average Bonchev–Trinajstić information content (AvgIpc) is 3.57. The lowest BCUT2D eigenvalue weighted by Crippen LogP contribution is -2.53. The molecule has 4 aromatic rings. The molecule has 1 atom stereocenters. The number of piperazine rings is 1. The lowest BCUT2D eigenvalue weighted by Gasteiger charge is -2.41. The van der Waals surface area contributed by atoms with Gasteiger partial charge in [0, 0.05) is 59.8 Å². The van der Waals surface area contributed by atoms with Crippen molar-refractivity contribution < 1.29 is 4.79 Å². The summed E-state index contributed by atoms with van der Waals surface area (Å²) >= 11 is 1.53. The molecule has 38 heavy (non-hydrogen) atoms. The first-order chi connectivity index (χ1) is 18.4. The van der Waals surface area contributed by atoms with Gasteiger partial charge in [0.15, 0.2) is 0 Å². The van der Waals surface area contributed by atoms with Crippen LogP contribution in [0.3, 0.4) is 0 Å². The molecule has 1 saturated heterocycles. The first-order valence-corrected chi connectivity index (χ1v) is 13.8. The number of nitrogens with zero attached hydrogens (tertiary/aromatic N) is 3. The fourth-order valence-electron chi connectivity index (χ4n) is 5.41. The van der Waals surface area contributed by atoms with Gasteiger partial charge in [0.05, 0.1) is 17.9 Å². The summed E-state index contributed by atoms with van der Waals surface area (Å²) in [5, 5.41) is 6.92. The van der Waals surface area contributed by atoms with Crippen LogP contribution in [0.15, 0.2) is 54.6 Å². The third-order valence-corrected chi connectivity index (χ3v) is 8.10. The predicted molar refractivity (Wildman–Crippen MR) is 158 cm³/mol. The Morgan fingerprint density at radius 3 is 2.84 bits per heavy atom. The molecule has 8 nitrogen and oxygen atoms in total. The smallest absolute Gasteiger partial charge is 0.275 e. The van der Waals surface area contributed by atoms with Gasteiger partial charge in [0.25, 0.3) is 5.91 Å². The summed E-state index contributed by atoms with van der Waals surface area (Å²) < 4.78 is 0. The molecule has 2 aromatic carbocycles. The molecule has 0 spiro atoms. The van der Waals surface area contributed by atoms with Crippen molar-refractivity contribution in [2.24, 2.45) is 5.84 Å². The van der Waals surface area contributed by atoms with Crippen LogP contribution in [0.2, 0.25) is 0 Å². The minimum absolute atomic E-state index is 0.256. The van der Waals surface area contributed by atoms with Crippen molar-refractivity contribution in [3.63, 3.8) is 0 Å². The largest absolute Gasteiger partial charge is 0.361 e. The van der Waals surface area contributed by atoms with E-state index in [1.807, 2.05) is 41.9 Å². The second-order valence-corrected chi connectivity index (χ2v) is 11.0. The molecule has 5 rings (SSSR count). The van der Waals surface area contributed by atoms with Gasteiger partial charge in [0.2, 0.25) is 0 Å². The summed E-state index contributed by atoms with van der Waals surface area (Å²) in [6.45, 7) is 14.5. The summed E-state index contributed by atoms with van der Waals surface area (Å²) in [4.78, 5) is 26.2. The summed E-state index contributed by atoms with van der Waals surface area (Å²) in [6.07, 6.45) is 3.61. The number of H-pyrrole nitrogens is 1. The van der Waals surface area contributed by atoms with Crippen LogP contribution in [-0.4, -0.2) is 57.4 Å². The quantitative estimate of drug-likeness (QED) is 0.180. The van der Waals surface area contributed by atoms with Crippen LogP contribution in [0.1, 0.15) is 41.8 Å². The van der Waals surface area contributed by atoms with Crippen LogP contribution >= 0.6 is 11.3 Å². The zero-order valence-electron chi connectivity index (χ0n) is 22.1. The standard InChI is InChI=1S/C29H35N7OS/c1-5-21-25(13-20(14-26(21)34-30)22-7-6-8-24-23(22)9-10-31-24)33-29(37)27-17-38-28(32-27)16-35-11-12-36(18(2)3)19(4)15-35/h5-10,13-14,17-19,31,34H,1,11-12,15-16,30H2,2-4H3,(H,33,37). The highest BCUT2D eigenvalue weighted by Gasteiger charge is 2.26. The number of hydrazine groups is 1. The highest BCUT2D eigenvalue weighted by molar-refractivity contribution is 7.09. The molecule has 0 aliphatic carbocycles. The predicted octanol–water partition coefficient (Wildman–Crippen LogP) is 5.39. The molecule has 1 amide bonds.